The van der Waals surface area contributed by atoms with Gasteiger partial charge in [-0.2, -0.15) is 0 Å². The molecule has 5 heteroatoms. The van der Waals surface area contributed by atoms with E-state index in [1.165, 1.54) is 0 Å². The fourth-order valence-corrected chi connectivity index (χ4v) is 2.35. The van der Waals surface area contributed by atoms with E-state index in [4.69, 9.17) is 14.9 Å². The van der Waals surface area contributed by atoms with Gasteiger partial charge in [0.15, 0.2) is 0 Å². The average Bonchev–Trinajstić information content (AvgIpc) is 2.51. The summed E-state index contributed by atoms with van der Waals surface area (Å²) in [6.45, 7) is 4.80. The summed E-state index contributed by atoms with van der Waals surface area (Å²) in [5.74, 6) is 0.133. The van der Waals surface area contributed by atoms with E-state index in [0.29, 0.717) is 48.3 Å². The van der Waals surface area contributed by atoms with E-state index in [9.17, 15) is 9.90 Å². The third kappa shape index (κ3) is 3.31. The first-order valence-electron chi connectivity index (χ1n) is 7.34. The molecule has 0 saturated heterocycles. The summed E-state index contributed by atoms with van der Waals surface area (Å²) < 4.78 is 10.5. The van der Waals surface area contributed by atoms with E-state index in [1.807, 2.05) is 13.0 Å². The molecule has 1 aromatic carbocycles. The number of benzene rings is 1. The Labute approximate surface area is 129 Å². The van der Waals surface area contributed by atoms with Crippen molar-refractivity contribution in [1.29, 1.82) is 0 Å². The van der Waals surface area contributed by atoms with Crippen LogP contribution in [-0.4, -0.2) is 18.3 Å². The van der Waals surface area contributed by atoms with Crippen LogP contribution in [0.25, 0.3) is 16.5 Å². The van der Waals surface area contributed by atoms with Crippen LogP contribution in [0.5, 0.6) is 0 Å². The van der Waals surface area contributed by atoms with Crippen LogP contribution in [-0.2, 0) is 4.74 Å². The van der Waals surface area contributed by atoms with Crippen molar-refractivity contribution < 1.29 is 14.3 Å². The Morgan fingerprint density at radius 3 is 2.82 bits per heavy atom. The van der Waals surface area contributed by atoms with Crippen LogP contribution in [0.15, 0.2) is 39.2 Å². The molecule has 0 amide bonds. The number of allylic oxidation sites excluding steroid dienone is 2. The van der Waals surface area contributed by atoms with Crippen LogP contribution < -0.4 is 11.4 Å². The summed E-state index contributed by atoms with van der Waals surface area (Å²) in [5, 5.41) is 10.8. The largest absolute Gasteiger partial charge is 0.512 e. The molecule has 0 radical (unpaired) electrons. The van der Waals surface area contributed by atoms with Crippen molar-refractivity contribution >= 4 is 22.2 Å². The lowest BCUT2D eigenvalue weighted by Crippen LogP contribution is -2.11. The molecule has 0 aliphatic heterocycles. The number of nitrogen functional groups attached to an aromatic ring is 1. The van der Waals surface area contributed by atoms with Crippen molar-refractivity contribution in [3.05, 3.63) is 46.0 Å². The Morgan fingerprint density at radius 1 is 1.36 bits per heavy atom. The number of rotatable bonds is 6. The molecule has 3 N–H and O–H groups in total. The molecule has 0 aliphatic carbocycles. The number of fused-ring (bicyclic) bond motifs is 1. The molecule has 0 fully saturated rings. The number of aliphatic hydroxyl groups is 1. The van der Waals surface area contributed by atoms with Crippen LogP contribution in [0.2, 0.25) is 0 Å². The molecule has 5 nitrogen and oxygen atoms in total. The molecule has 0 saturated carbocycles. The molecule has 22 heavy (non-hydrogen) atoms. The number of hydrogen-bond donors (Lipinski definition) is 2. The van der Waals surface area contributed by atoms with Gasteiger partial charge in [-0.05, 0) is 32.4 Å². The van der Waals surface area contributed by atoms with Crippen LogP contribution in [0.3, 0.4) is 0 Å². The second-order valence-corrected chi connectivity index (χ2v) is 5.05. The SMILES string of the molecule is CCOCCC/C(O)=C(\C)c1c(N)c2ccccc2oc1=O. The normalized spacial score (nSPS) is 12.5. The summed E-state index contributed by atoms with van der Waals surface area (Å²) in [7, 11) is 0. The van der Waals surface area contributed by atoms with Gasteiger partial charge in [0.2, 0.25) is 0 Å². The lowest BCUT2D eigenvalue weighted by atomic mass is 10.0. The van der Waals surface area contributed by atoms with Gasteiger partial charge in [0, 0.05) is 30.6 Å². The van der Waals surface area contributed by atoms with E-state index in [-0.39, 0.29) is 11.3 Å². The average molecular weight is 303 g/mol. The van der Waals surface area contributed by atoms with E-state index in [0.717, 1.165) is 0 Å². The van der Waals surface area contributed by atoms with E-state index >= 15 is 0 Å². The molecule has 1 aromatic heterocycles. The predicted octanol–water partition coefficient (Wildman–Crippen LogP) is 3.48. The second-order valence-electron chi connectivity index (χ2n) is 5.05. The summed E-state index contributed by atoms with van der Waals surface area (Å²) in [6.07, 6.45) is 1.10. The highest BCUT2D eigenvalue weighted by Gasteiger charge is 2.16. The van der Waals surface area contributed by atoms with Gasteiger partial charge in [0.25, 0.3) is 0 Å². The fraction of sp³-hybridized carbons (Fsp3) is 0.353. The first-order chi connectivity index (χ1) is 10.6. The standard InChI is InChI=1S/C17H21NO4/c1-3-21-10-6-8-13(19)11(2)15-16(18)12-7-4-5-9-14(12)22-17(15)20/h4-5,7,9,19H,3,6,8,10,18H2,1-2H3/b13-11-. The van der Waals surface area contributed by atoms with Gasteiger partial charge < -0.3 is 20.0 Å². The monoisotopic (exact) mass is 303 g/mol. The van der Waals surface area contributed by atoms with Gasteiger partial charge in [-0.25, -0.2) is 4.79 Å². The molecule has 0 unspecified atom stereocenters. The minimum atomic E-state index is -0.537. The smallest absolute Gasteiger partial charge is 0.346 e. The van der Waals surface area contributed by atoms with Gasteiger partial charge in [-0.3, -0.25) is 0 Å². The maximum Gasteiger partial charge on any atom is 0.346 e. The Hall–Kier alpha value is -2.27. The second kappa shape index (κ2) is 7.13. The summed E-state index contributed by atoms with van der Waals surface area (Å²) in [5.41, 5.74) is 7.03. The van der Waals surface area contributed by atoms with Crippen molar-refractivity contribution in [2.75, 3.05) is 18.9 Å². The molecular formula is C17H21NO4. The van der Waals surface area contributed by atoms with Crippen molar-refractivity contribution in [1.82, 2.24) is 0 Å². The molecule has 2 aromatic rings. The minimum absolute atomic E-state index is 0.133. The van der Waals surface area contributed by atoms with E-state index < -0.39 is 5.63 Å². The molecule has 0 aliphatic rings. The van der Waals surface area contributed by atoms with Crippen molar-refractivity contribution in [3.8, 4) is 0 Å². The molecular weight excluding hydrogens is 282 g/mol. The first kappa shape index (κ1) is 16.1. The van der Waals surface area contributed by atoms with Gasteiger partial charge in [0.1, 0.15) is 5.58 Å². The molecule has 0 bridgehead atoms. The summed E-state index contributed by atoms with van der Waals surface area (Å²) >= 11 is 0. The number of para-hydroxylation sites is 1. The lowest BCUT2D eigenvalue weighted by Gasteiger charge is -2.10. The Morgan fingerprint density at radius 2 is 2.09 bits per heavy atom. The Kier molecular flexibility index (Phi) is 5.22. The van der Waals surface area contributed by atoms with E-state index in [2.05, 4.69) is 0 Å². The van der Waals surface area contributed by atoms with Gasteiger partial charge >= 0.3 is 5.63 Å². The Bertz CT molecular complexity index is 746. The third-order valence-corrected chi connectivity index (χ3v) is 3.57. The summed E-state index contributed by atoms with van der Waals surface area (Å²) in [6, 6.07) is 7.08. The maximum absolute atomic E-state index is 12.2. The Balaban J connectivity index is 2.38. The molecule has 118 valence electrons. The van der Waals surface area contributed by atoms with Crippen LogP contribution >= 0.6 is 0 Å². The predicted molar refractivity (Wildman–Crippen MR) is 87.8 cm³/mol. The zero-order valence-corrected chi connectivity index (χ0v) is 12.9. The minimum Gasteiger partial charge on any atom is -0.512 e. The van der Waals surface area contributed by atoms with Crippen LogP contribution in [0.1, 0.15) is 32.3 Å². The number of aliphatic hydroxyl groups excluding tert-OH is 1. The van der Waals surface area contributed by atoms with Gasteiger partial charge in [-0.1, -0.05) is 12.1 Å². The van der Waals surface area contributed by atoms with Gasteiger partial charge in [0.05, 0.1) is 17.0 Å². The highest BCUT2D eigenvalue weighted by Crippen LogP contribution is 2.28. The molecule has 0 spiro atoms. The highest BCUT2D eigenvalue weighted by atomic mass is 16.5. The number of nitrogens with two attached hydrogens (primary N) is 1. The maximum atomic E-state index is 12.2. The van der Waals surface area contributed by atoms with Crippen molar-refractivity contribution in [2.24, 2.45) is 0 Å². The van der Waals surface area contributed by atoms with E-state index in [1.54, 1.807) is 25.1 Å². The fourth-order valence-electron chi connectivity index (χ4n) is 2.35. The molecule has 2 rings (SSSR count). The van der Waals surface area contributed by atoms with Crippen LogP contribution in [0.4, 0.5) is 5.69 Å². The zero-order chi connectivity index (χ0) is 16.1. The first-order valence-corrected chi connectivity index (χ1v) is 7.34. The lowest BCUT2D eigenvalue weighted by molar-refractivity contribution is 0.142. The number of anilines is 1. The summed E-state index contributed by atoms with van der Waals surface area (Å²) in [4.78, 5) is 12.2. The third-order valence-electron chi connectivity index (χ3n) is 3.57. The highest BCUT2D eigenvalue weighted by molar-refractivity contribution is 5.94. The number of ether oxygens (including phenoxy) is 1. The molecule has 0 atom stereocenters. The van der Waals surface area contributed by atoms with Crippen molar-refractivity contribution in [3.63, 3.8) is 0 Å². The van der Waals surface area contributed by atoms with Crippen LogP contribution in [0, 0.1) is 0 Å². The molecule has 1 heterocycles. The van der Waals surface area contributed by atoms with Crippen molar-refractivity contribution in [2.45, 2.75) is 26.7 Å². The van der Waals surface area contributed by atoms with Gasteiger partial charge in [-0.15, -0.1) is 0 Å². The topological polar surface area (TPSA) is 85.7 Å². The quantitative estimate of drug-likeness (QED) is 0.485. The number of hydrogen-bond acceptors (Lipinski definition) is 5. The zero-order valence-electron chi connectivity index (χ0n) is 12.9.